The third-order valence-electron chi connectivity index (χ3n) is 4.19. The quantitative estimate of drug-likeness (QED) is 0.925. The molecule has 1 aliphatic heterocycles. The smallest absolute Gasteiger partial charge is 0.337 e. The van der Waals surface area contributed by atoms with Gasteiger partial charge in [0.2, 0.25) is 5.91 Å². The minimum Gasteiger partial charge on any atom is -0.478 e. The molecule has 24 heavy (non-hydrogen) atoms. The monoisotopic (exact) mass is 326 g/mol. The standard InChI is InChI=1S/C17H18N4O3/c1-10-19-15(12-3-4-21(9-12)11(2)22)6-16(20-10)13-5-14(17(23)24)8-18-7-13/h5-8,12H,3-4,9H2,1-2H3,(H,23,24). The minimum atomic E-state index is -1.02. The van der Waals surface area contributed by atoms with Gasteiger partial charge in [0.1, 0.15) is 5.82 Å². The van der Waals surface area contributed by atoms with E-state index in [1.165, 1.54) is 6.20 Å². The summed E-state index contributed by atoms with van der Waals surface area (Å²) in [6.07, 6.45) is 3.76. The molecule has 0 bridgehead atoms. The molecular weight excluding hydrogens is 308 g/mol. The van der Waals surface area contributed by atoms with Gasteiger partial charge in [-0.15, -0.1) is 0 Å². The fourth-order valence-electron chi connectivity index (χ4n) is 2.93. The number of pyridine rings is 1. The molecule has 7 heteroatoms. The van der Waals surface area contributed by atoms with Gasteiger partial charge in [-0.05, 0) is 25.5 Å². The summed E-state index contributed by atoms with van der Waals surface area (Å²) in [6, 6.07) is 3.42. The molecule has 0 spiro atoms. The summed E-state index contributed by atoms with van der Waals surface area (Å²) in [6.45, 7) is 4.76. The highest BCUT2D eigenvalue weighted by molar-refractivity contribution is 5.88. The number of aromatic carboxylic acids is 1. The summed E-state index contributed by atoms with van der Waals surface area (Å²) in [5.41, 5.74) is 2.29. The largest absolute Gasteiger partial charge is 0.478 e. The number of aromatic nitrogens is 3. The van der Waals surface area contributed by atoms with Crippen LogP contribution in [0.1, 0.15) is 41.1 Å². The van der Waals surface area contributed by atoms with E-state index in [2.05, 4.69) is 15.0 Å². The van der Waals surface area contributed by atoms with Crippen LogP contribution in [0, 0.1) is 6.92 Å². The number of amides is 1. The van der Waals surface area contributed by atoms with Crippen molar-refractivity contribution in [3.63, 3.8) is 0 Å². The van der Waals surface area contributed by atoms with Crippen molar-refractivity contribution in [2.75, 3.05) is 13.1 Å². The number of likely N-dealkylation sites (tertiary alicyclic amines) is 1. The molecule has 3 rings (SSSR count). The van der Waals surface area contributed by atoms with Gasteiger partial charge in [-0.1, -0.05) is 0 Å². The molecule has 1 atom stereocenters. The Kier molecular flexibility index (Phi) is 4.24. The number of carboxylic acid groups (broad SMARTS) is 1. The molecule has 2 aromatic rings. The maximum absolute atomic E-state index is 11.5. The van der Waals surface area contributed by atoms with Crippen molar-refractivity contribution >= 4 is 11.9 Å². The molecule has 1 aliphatic rings. The predicted molar refractivity (Wildman–Crippen MR) is 86.6 cm³/mol. The van der Waals surface area contributed by atoms with Gasteiger partial charge in [-0.25, -0.2) is 14.8 Å². The Morgan fingerprint density at radius 1 is 1.25 bits per heavy atom. The Morgan fingerprint density at radius 3 is 2.71 bits per heavy atom. The molecule has 1 amide bonds. The molecule has 1 saturated heterocycles. The fourth-order valence-corrected chi connectivity index (χ4v) is 2.93. The summed E-state index contributed by atoms with van der Waals surface area (Å²) >= 11 is 0. The number of rotatable bonds is 3. The zero-order valence-electron chi connectivity index (χ0n) is 13.6. The molecule has 7 nitrogen and oxygen atoms in total. The van der Waals surface area contributed by atoms with Crippen LogP contribution in [-0.2, 0) is 4.79 Å². The molecule has 0 aliphatic carbocycles. The van der Waals surface area contributed by atoms with Gasteiger partial charge < -0.3 is 10.0 Å². The topological polar surface area (TPSA) is 96.3 Å². The highest BCUT2D eigenvalue weighted by Gasteiger charge is 2.27. The van der Waals surface area contributed by atoms with E-state index in [0.29, 0.717) is 23.6 Å². The average molecular weight is 326 g/mol. The Labute approximate surface area is 139 Å². The zero-order chi connectivity index (χ0) is 17.3. The number of aryl methyl sites for hydroxylation is 1. The third kappa shape index (κ3) is 3.24. The second-order valence-electron chi connectivity index (χ2n) is 5.94. The van der Waals surface area contributed by atoms with Crippen LogP contribution in [0.4, 0.5) is 0 Å². The first-order valence-electron chi connectivity index (χ1n) is 7.74. The highest BCUT2D eigenvalue weighted by Crippen LogP contribution is 2.28. The molecule has 0 aromatic carbocycles. The number of carbonyl (C=O) groups excluding carboxylic acids is 1. The van der Waals surface area contributed by atoms with E-state index in [1.807, 2.05) is 11.0 Å². The van der Waals surface area contributed by atoms with Crippen molar-refractivity contribution in [3.8, 4) is 11.3 Å². The number of hydrogen-bond acceptors (Lipinski definition) is 5. The van der Waals surface area contributed by atoms with E-state index in [0.717, 1.165) is 18.7 Å². The number of nitrogens with zero attached hydrogens (tertiary/aromatic N) is 4. The van der Waals surface area contributed by atoms with Crippen LogP contribution >= 0.6 is 0 Å². The lowest BCUT2D eigenvalue weighted by molar-refractivity contribution is -0.127. The molecule has 0 saturated carbocycles. The van der Waals surface area contributed by atoms with Gasteiger partial charge in [0.15, 0.2) is 0 Å². The zero-order valence-corrected chi connectivity index (χ0v) is 13.6. The molecule has 1 fully saturated rings. The van der Waals surface area contributed by atoms with Crippen molar-refractivity contribution in [2.24, 2.45) is 0 Å². The molecular formula is C17H18N4O3. The molecule has 1 N–H and O–H groups in total. The van der Waals surface area contributed by atoms with Crippen LogP contribution in [0.15, 0.2) is 24.5 Å². The van der Waals surface area contributed by atoms with Crippen LogP contribution < -0.4 is 0 Å². The van der Waals surface area contributed by atoms with Crippen LogP contribution in [0.2, 0.25) is 0 Å². The Hall–Kier alpha value is -2.83. The normalized spacial score (nSPS) is 17.1. The first-order valence-corrected chi connectivity index (χ1v) is 7.74. The molecule has 3 heterocycles. The van der Waals surface area contributed by atoms with Gasteiger partial charge in [0.05, 0.1) is 11.3 Å². The molecule has 124 valence electrons. The lowest BCUT2D eigenvalue weighted by Gasteiger charge is -2.14. The van der Waals surface area contributed by atoms with E-state index in [1.54, 1.807) is 26.1 Å². The summed E-state index contributed by atoms with van der Waals surface area (Å²) in [7, 11) is 0. The summed E-state index contributed by atoms with van der Waals surface area (Å²) in [4.78, 5) is 37.3. The number of hydrogen-bond donors (Lipinski definition) is 1. The van der Waals surface area contributed by atoms with Gasteiger partial charge in [-0.3, -0.25) is 9.78 Å². The van der Waals surface area contributed by atoms with Crippen molar-refractivity contribution < 1.29 is 14.7 Å². The van der Waals surface area contributed by atoms with E-state index >= 15 is 0 Å². The lowest BCUT2D eigenvalue weighted by atomic mass is 10.0. The Bertz CT molecular complexity index is 806. The first kappa shape index (κ1) is 16.0. The molecule has 0 radical (unpaired) electrons. The fraction of sp³-hybridized carbons (Fsp3) is 0.353. The average Bonchev–Trinajstić information content (AvgIpc) is 3.05. The summed E-state index contributed by atoms with van der Waals surface area (Å²) in [5.74, 6) is -0.167. The minimum absolute atomic E-state index is 0.0712. The summed E-state index contributed by atoms with van der Waals surface area (Å²) in [5, 5.41) is 9.11. The molecule has 2 aromatic heterocycles. The molecule has 1 unspecified atom stereocenters. The Balaban J connectivity index is 1.94. The Morgan fingerprint density at radius 2 is 2.04 bits per heavy atom. The second kappa shape index (κ2) is 6.35. The lowest BCUT2D eigenvalue weighted by Crippen LogP contribution is -2.25. The predicted octanol–water partition coefficient (Wildman–Crippen LogP) is 1.88. The maximum Gasteiger partial charge on any atom is 0.337 e. The number of carbonyl (C=O) groups is 2. The van der Waals surface area contributed by atoms with E-state index in [9.17, 15) is 9.59 Å². The third-order valence-corrected chi connectivity index (χ3v) is 4.19. The van der Waals surface area contributed by atoms with Crippen LogP contribution in [0.3, 0.4) is 0 Å². The van der Waals surface area contributed by atoms with Gasteiger partial charge >= 0.3 is 5.97 Å². The van der Waals surface area contributed by atoms with Crippen molar-refractivity contribution in [2.45, 2.75) is 26.2 Å². The first-order chi connectivity index (χ1) is 11.4. The number of carboxylic acids is 1. The van der Waals surface area contributed by atoms with Crippen LogP contribution in [-0.4, -0.2) is 49.9 Å². The SMILES string of the molecule is CC(=O)N1CCC(c2cc(-c3cncc(C(=O)O)c3)nc(C)n2)C1. The van der Waals surface area contributed by atoms with Gasteiger partial charge in [0, 0.05) is 49.6 Å². The maximum atomic E-state index is 11.5. The van der Waals surface area contributed by atoms with Gasteiger partial charge in [-0.2, -0.15) is 0 Å². The van der Waals surface area contributed by atoms with Crippen molar-refractivity contribution in [3.05, 3.63) is 41.6 Å². The summed E-state index contributed by atoms with van der Waals surface area (Å²) < 4.78 is 0. The van der Waals surface area contributed by atoms with E-state index in [4.69, 9.17) is 5.11 Å². The van der Waals surface area contributed by atoms with Gasteiger partial charge in [0.25, 0.3) is 0 Å². The van der Waals surface area contributed by atoms with Crippen LogP contribution in [0.5, 0.6) is 0 Å². The van der Waals surface area contributed by atoms with Crippen molar-refractivity contribution in [1.82, 2.24) is 19.9 Å². The van der Waals surface area contributed by atoms with E-state index in [-0.39, 0.29) is 17.4 Å². The second-order valence-corrected chi connectivity index (χ2v) is 5.94. The van der Waals surface area contributed by atoms with Crippen molar-refractivity contribution in [1.29, 1.82) is 0 Å². The van der Waals surface area contributed by atoms with E-state index < -0.39 is 5.97 Å². The van der Waals surface area contributed by atoms with Crippen LogP contribution in [0.25, 0.3) is 11.3 Å². The highest BCUT2D eigenvalue weighted by atomic mass is 16.4.